The maximum absolute atomic E-state index is 13.3. The number of benzene rings is 2. The highest BCUT2D eigenvalue weighted by Crippen LogP contribution is 2.32. The molecule has 1 aliphatic heterocycles. The maximum Gasteiger partial charge on any atom is 0.260 e. The summed E-state index contributed by atoms with van der Waals surface area (Å²) in [6.07, 6.45) is 2.04. The summed E-state index contributed by atoms with van der Waals surface area (Å²) in [5, 5.41) is 0.667. The molecule has 4 rings (SSSR count). The molecule has 1 aromatic heterocycles. The first kappa shape index (κ1) is 23.0. The lowest BCUT2D eigenvalue weighted by molar-refractivity contribution is 0.0391. The molecule has 0 radical (unpaired) electrons. The van der Waals surface area contributed by atoms with Crippen LogP contribution in [0, 0.1) is 5.82 Å². The zero-order chi connectivity index (χ0) is 20.2. The Balaban J connectivity index is 0.00000256. The van der Waals surface area contributed by atoms with Crippen LogP contribution < -0.4 is 4.90 Å². The van der Waals surface area contributed by atoms with Gasteiger partial charge in [0.25, 0.3) is 5.91 Å². The number of anilines is 1. The summed E-state index contributed by atoms with van der Waals surface area (Å²) >= 11 is 3.19. The molecule has 30 heavy (non-hydrogen) atoms. The van der Waals surface area contributed by atoms with Gasteiger partial charge >= 0.3 is 0 Å². The van der Waals surface area contributed by atoms with Crippen molar-refractivity contribution in [3.05, 3.63) is 53.8 Å². The van der Waals surface area contributed by atoms with Gasteiger partial charge in [0.2, 0.25) is 0 Å². The minimum atomic E-state index is -0.356. The van der Waals surface area contributed by atoms with Gasteiger partial charge in [-0.25, -0.2) is 9.37 Å². The van der Waals surface area contributed by atoms with Crippen molar-refractivity contribution in [1.82, 2.24) is 9.88 Å². The number of hydrogen-bond donors (Lipinski definition) is 0. The Morgan fingerprint density at radius 1 is 1.23 bits per heavy atom. The van der Waals surface area contributed by atoms with Crippen LogP contribution in [-0.4, -0.2) is 61.4 Å². The maximum atomic E-state index is 13.3. The number of thioether (sulfide) groups is 1. The van der Waals surface area contributed by atoms with Crippen LogP contribution in [0.4, 0.5) is 9.52 Å². The molecule has 0 spiro atoms. The summed E-state index contributed by atoms with van der Waals surface area (Å²) < 4.78 is 19.8. The van der Waals surface area contributed by atoms with Crippen LogP contribution in [0.2, 0.25) is 0 Å². The fourth-order valence-corrected chi connectivity index (χ4v) is 4.78. The molecule has 0 saturated carbocycles. The molecule has 1 fully saturated rings. The highest BCUT2D eigenvalue weighted by atomic mass is 35.5. The van der Waals surface area contributed by atoms with Gasteiger partial charge in [-0.3, -0.25) is 14.6 Å². The second kappa shape index (κ2) is 10.5. The number of thiazole rings is 1. The topological polar surface area (TPSA) is 45.7 Å². The van der Waals surface area contributed by atoms with E-state index in [0.29, 0.717) is 30.5 Å². The quantitative estimate of drug-likeness (QED) is 0.497. The second-order valence-corrected chi connectivity index (χ2v) is 8.64. The molecule has 0 bridgehead atoms. The highest BCUT2D eigenvalue weighted by Gasteiger charge is 2.23. The van der Waals surface area contributed by atoms with Crippen LogP contribution >= 0.6 is 35.5 Å². The molecule has 5 nitrogen and oxygen atoms in total. The number of rotatable bonds is 6. The van der Waals surface area contributed by atoms with Crippen molar-refractivity contribution in [1.29, 1.82) is 0 Å². The third kappa shape index (κ3) is 5.31. The van der Waals surface area contributed by atoms with Gasteiger partial charge in [-0.15, -0.1) is 24.2 Å². The molecule has 0 aliphatic carbocycles. The molecule has 0 N–H and O–H groups in total. The SMILES string of the molecule is CSc1ccc2nc(N(CCN3CCOCC3)C(=O)c3ccc(F)cc3)sc2c1.Cl. The Morgan fingerprint density at radius 3 is 2.67 bits per heavy atom. The number of fused-ring (bicyclic) bond motifs is 1. The summed E-state index contributed by atoms with van der Waals surface area (Å²) in [5.41, 5.74) is 1.34. The predicted octanol–water partition coefficient (Wildman–Crippen LogP) is 4.56. The average molecular weight is 468 g/mol. The van der Waals surface area contributed by atoms with Gasteiger partial charge in [0.1, 0.15) is 5.82 Å². The van der Waals surface area contributed by atoms with Crippen LogP contribution in [0.1, 0.15) is 10.4 Å². The second-order valence-electron chi connectivity index (χ2n) is 6.75. The number of aromatic nitrogens is 1. The zero-order valence-corrected chi connectivity index (χ0v) is 19.0. The van der Waals surface area contributed by atoms with Gasteiger partial charge < -0.3 is 4.74 Å². The molecule has 0 unspecified atom stereocenters. The van der Waals surface area contributed by atoms with Gasteiger partial charge in [0.15, 0.2) is 5.13 Å². The molecule has 1 aliphatic rings. The van der Waals surface area contributed by atoms with Crippen molar-refractivity contribution in [2.45, 2.75) is 4.90 Å². The number of nitrogens with zero attached hydrogens (tertiary/aromatic N) is 3. The fraction of sp³-hybridized carbons (Fsp3) is 0.333. The predicted molar refractivity (Wildman–Crippen MR) is 124 cm³/mol. The summed E-state index contributed by atoms with van der Waals surface area (Å²) in [6, 6.07) is 11.8. The molecular weight excluding hydrogens is 445 g/mol. The van der Waals surface area contributed by atoms with E-state index in [1.807, 2.05) is 18.4 Å². The summed E-state index contributed by atoms with van der Waals surface area (Å²) in [7, 11) is 0. The first-order valence-corrected chi connectivity index (χ1v) is 11.5. The van der Waals surface area contributed by atoms with Crippen LogP contribution in [0.3, 0.4) is 0 Å². The molecule has 0 atom stereocenters. The minimum absolute atomic E-state index is 0. The van der Waals surface area contributed by atoms with E-state index >= 15 is 0 Å². The summed E-state index contributed by atoms with van der Waals surface area (Å²) in [6.45, 7) is 4.40. The van der Waals surface area contributed by atoms with Crippen LogP contribution in [-0.2, 0) is 4.74 Å². The summed E-state index contributed by atoms with van der Waals surface area (Å²) in [4.78, 5) is 23.1. The molecule has 9 heteroatoms. The first-order valence-electron chi connectivity index (χ1n) is 9.46. The van der Waals surface area contributed by atoms with E-state index in [1.165, 1.54) is 35.6 Å². The molecule has 2 aromatic carbocycles. The van der Waals surface area contributed by atoms with E-state index in [-0.39, 0.29) is 24.1 Å². The van der Waals surface area contributed by atoms with Crippen molar-refractivity contribution in [3.8, 4) is 0 Å². The van der Waals surface area contributed by atoms with Gasteiger partial charge in [-0.05, 0) is 48.7 Å². The van der Waals surface area contributed by atoms with Crippen molar-refractivity contribution >= 4 is 56.8 Å². The Hall–Kier alpha value is -1.71. The molecule has 1 amide bonds. The number of halogens is 2. The fourth-order valence-electron chi connectivity index (χ4n) is 3.23. The lowest BCUT2D eigenvalue weighted by Crippen LogP contribution is -2.43. The third-order valence-electron chi connectivity index (χ3n) is 4.90. The Morgan fingerprint density at radius 2 is 1.97 bits per heavy atom. The van der Waals surface area contributed by atoms with E-state index < -0.39 is 0 Å². The smallest absolute Gasteiger partial charge is 0.260 e. The summed E-state index contributed by atoms with van der Waals surface area (Å²) in [5.74, 6) is -0.520. The Bertz CT molecular complexity index is 994. The van der Waals surface area contributed by atoms with Gasteiger partial charge in [-0.1, -0.05) is 11.3 Å². The molecule has 1 saturated heterocycles. The van der Waals surface area contributed by atoms with Crippen molar-refractivity contribution in [2.75, 3.05) is 50.5 Å². The third-order valence-corrected chi connectivity index (χ3v) is 6.66. The van der Waals surface area contributed by atoms with E-state index in [2.05, 4.69) is 11.0 Å². The number of morpholine rings is 1. The molecular formula is C21H23ClFN3O2S2. The number of carbonyl (C=O) groups is 1. The normalized spacial score (nSPS) is 14.5. The van der Waals surface area contributed by atoms with E-state index in [0.717, 1.165) is 34.7 Å². The monoisotopic (exact) mass is 467 g/mol. The molecule has 2 heterocycles. The van der Waals surface area contributed by atoms with E-state index in [1.54, 1.807) is 16.7 Å². The van der Waals surface area contributed by atoms with E-state index in [9.17, 15) is 9.18 Å². The van der Waals surface area contributed by atoms with E-state index in [4.69, 9.17) is 9.72 Å². The zero-order valence-electron chi connectivity index (χ0n) is 16.5. The largest absolute Gasteiger partial charge is 0.379 e. The van der Waals surface area contributed by atoms with Crippen LogP contribution in [0.25, 0.3) is 10.2 Å². The van der Waals surface area contributed by atoms with Crippen molar-refractivity contribution < 1.29 is 13.9 Å². The molecule has 160 valence electrons. The highest BCUT2D eigenvalue weighted by molar-refractivity contribution is 7.98. The van der Waals surface area contributed by atoms with Gasteiger partial charge in [0, 0.05) is 36.6 Å². The Kier molecular flexibility index (Phi) is 8.07. The number of ether oxygens (including phenoxy) is 1. The van der Waals surface area contributed by atoms with Gasteiger partial charge in [0.05, 0.1) is 23.4 Å². The van der Waals surface area contributed by atoms with Crippen LogP contribution in [0.5, 0.6) is 0 Å². The minimum Gasteiger partial charge on any atom is -0.379 e. The lowest BCUT2D eigenvalue weighted by atomic mass is 10.2. The number of hydrogen-bond acceptors (Lipinski definition) is 6. The van der Waals surface area contributed by atoms with Crippen LogP contribution in [0.15, 0.2) is 47.4 Å². The van der Waals surface area contributed by atoms with Crippen molar-refractivity contribution in [3.63, 3.8) is 0 Å². The Labute approximate surface area is 189 Å². The number of amides is 1. The van der Waals surface area contributed by atoms with Crippen molar-refractivity contribution in [2.24, 2.45) is 0 Å². The number of carbonyl (C=O) groups excluding carboxylic acids is 1. The first-order chi connectivity index (χ1) is 14.1. The molecule has 3 aromatic rings. The lowest BCUT2D eigenvalue weighted by Gasteiger charge is -2.29. The van der Waals surface area contributed by atoms with Gasteiger partial charge in [-0.2, -0.15) is 0 Å². The average Bonchev–Trinajstić information content (AvgIpc) is 3.17. The standard InChI is InChI=1S/C21H22FN3O2S2.ClH/c1-28-17-6-7-18-19(14-17)29-21(23-18)25(9-8-24-10-12-27-13-11-24)20(26)15-2-4-16(22)5-3-15;/h2-7,14H,8-13H2,1H3;1H.